The lowest BCUT2D eigenvalue weighted by molar-refractivity contribution is 0.0387. The minimum atomic E-state index is -0.539. The molecule has 2 rings (SSSR count). The summed E-state index contributed by atoms with van der Waals surface area (Å²) >= 11 is 0. The van der Waals surface area contributed by atoms with Crippen molar-refractivity contribution >= 4 is 11.8 Å². The number of carbonyl (C=O) groups excluding carboxylic acids is 1. The van der Waals surface area contributed by atoms with Crippen LogP contribution >= 0.6 is 0 Å². The number of rotatable bonds is 9. The number of anilines is 1. The largest absolute Gasteiger partial charge is 0.444 e. The van der Waals surface area contributed by atoms with E-state index in [0.717, 1.165) is 18.5 Å². The predicted octanol–water partition coefficient (Wildman–Crippen LogP) is 5.65. The van der Waals surface area contributed by atoms with E-state index in [9.17, 15) is 4.79 Å². The molecule has 0 saturated carbocycles. The second-order valence-electron chi connectivity index (χ2n) is 8.60. The first-order chi connectivity index (χ1) is 14.2. The first kappa shape index (κ1) is 23.7. The molecule has 5 nitrogen and oxygen atoms in total. The number of hydrogen-bond acceptors (Lipinski definition) is 4. The number of ether oxygens (including phenoxy) is 2. The predicted molar refractivity (Wildman–Crippen MR) is 124 cm³/mol. The SMILES string of the molecule is CCCc1ccc(-c2ccc(NCC(NC(=O)OC(C)(C)C)C(C)OC)cc2)cc1. The summed E-state index contributed by atoms with van der Waals surface area (Å²) in [6, 6.07) is 16.8. The highest BCUT2D eigenvalue weighted by atomic mass is 16.6. The van der Waals surface area contributed by atoms with Gasteiger partial charge in [-0.15, -0.1) is 0 Å². The summed E-state index contributed by atoms with van der Waals surface area (Å²) in [5.74, 6) is 0. The molecule has 1 amide bonds. The van der Waals surface area contributed by atoms with Crippen LogP contribution in [0.5, 0.6) is 0 Å². The van der Waals surface area contributed by atoms with Crippen molar-refractivity contribution in [3.05, 3.63) is 54.1 Å². The Balaban J connectivity index is 1.97. The minimum Gasteiger partial charge on any atom is -0.444 e. The lowest BCUT2D eigenvalue weighted by Gasteiger charge is -2.27. The lowest BCUT2D eigenvalue weighted by atomic mass is 10.0. The molecule has 2 atom stereocenters. The third-order valence-corrected chi connectivity index (χ3v) is 4.88. The summed E-state index contributed by atoms with van der Waals surface area (Å²) in [5.41, 5.74) is 4.20. The average Bonchev–Trinajstić information content (AvgIpc) is 2.70. The van der Waals surface area contributed by atoms with E-state index in [4.69, 9.17) is 9.47 Å². The Labute approximate surface area is 181 Å². The summed E-state index contributed by atoms with van der Waals surface area (Å²) in [5, 5.41) is 6.28. The van der Waals surface area contributed by atoms with Gasteiger partial charge in [0.05, 0.1) is 12.1 Å². The third kappa shape index (κ3) is 7.71. The fourth-order valence-corrected chi connectivity index (χ4v) is 3.12. The molecule has 164 valence electrons. The fraction of sp³-hybridized carbons (Fsp3) is 0.480. The number of methoxy groups -OCH3 is 1. The quantitative estimate of drug-likeness (QED) is 0.559. The standard InChI is InChI=1S/C25H36N2O3/c1-7-8-19-9-11-20(12-10-19)21-13-15-22(16-14-21)26-17-23(18(2)29-6)27-24(28)30-25(3,4)5/h9-16,18,23,26H,7-8,17H2,1-6H3,(H,27,28). The second kappa shape index (κ2) is 11.0. The van der Waals surface area contributed by atoms with Gasteiger partial charge in [0.15, 0.2) is 0 Å². The van der Waals surface area contributed by atoms with E-state index in [0.29, 0.717) is 6.54 Å². The van der Waals surface area contributed by atoms with Gasteiger partial charge >= 0.3 is 6.09 Å². The van der Waals surface area contributed by atoms with Gasteiger partial charge in [0.25, 0.3) is 0 Å². The van der Waals surface area contributed by atoms with E-state index < -0.39 is 11.7 Å². The van der Waals surface area contributed by atoms with Crippen LogP contribution in [-0.4, -0.2) is 37.5 Å². The number of aryl methyl sites for hydroxylation is 1. The van der Waals surface area contributed by atoms with E-state index in [1.54, 1.807) is 7.11 Å². The molecule has 2 N–H and O–H groups in total. The van der Waals surface area contributed by atoms with Crippen molar-refractivity contribution in [1.82, 2.24) is 5.32 Å². The monoisotopic (exact) mass is 412 g/mol. The zero-order chi connectivity index (χ0) is 22.1. The van der Waals surface area contributed by atoms with Crippen LogP contribution in [-0.2, 0) is 15.9 Å². The van der Waals surface area contributed by atoms with Crippen LogP contribution in [0, 0.1) is 0 Å². The molecule has 2 aromatic rings. The number of amides is 1. The maximum absolute atomic E-state index is 12.2. The zero-order valence-corrected chi connectivity index (χ0v) is 19.1. The van der Waals surface area contributed by atoms with Crippen molar-refractivity contribution < 1.29 is 14.3 Å². The molecule has 0 aliphatic rings. The molecule has 0 aliphatic carbocycles. The van der Waals surface area contributed by atoms with Gasteiger partial charge in [-0.2, -0.15) is 0 Å². The molecule has 0 bridgehead atoms. The normalized spacial score (nSPS) is 13.4. The van der Waals surface area contributed by atoms with Crippen molar-refractivity contribution in [3.63, 3.8) is 0 Å². The number of hydrogen-bond donors (Lipinski definition) is 2. The molecule has 0 heterocycles. The Hall–Kier alpha value is -2.53. The van der Waals surface area contributed by atoms with Crippen molar-refractivity contribution in [2.45, 2.75) is 65.2 Å². The third-order valence-electron chi connectivity index (χ3n) is 4.88. The molecule has 0 spiro atoms. The van der Waals surface area contributed by atoms with E-state index in [2.05, 4.69) is 66.1 Å². The van der Waals surface area contributed by atoms with Gasteiger partial charge in [0.2, 0.25) is 0 Å². The minimum absolute atomic E-state index is 0.161. The Morgan fingerprint density at radius 2 is 1.57 bits per heavy atom. The van der Waals surface area contributed by atoms with Crippen LogP contribution in [0.2, 0.25) is 0 Å². The van der Waals surface area contributed by atoms with Gasteiger partial charge < -0.3 is 20.1 Å². The molecule has 0 radical (unpaired) electrons. The van der Waals surface area contributed by atoms with E-state index in [-0.39, 0.29) is 12.1 Å². The van der Waals surface area contributed by atoms with Crippen LogP contribution in [0.25, 0.3) is 11.1 Å². The van der Waals surface area contributed by atoms with Gasteiger partial charge in [-0.1, -0.05) is 49.7 Å². The van der Waals surface area contributed by atoms with Gasteiger partial charge in [0, 0.05) is 19.3 Å². The van der Waals surface area contributed by atoms with Crippen LogP contribution < -0.4 is 10.6 Å². The van der Waals surface area contributed by atoms with Crippen molar-refractivity contribution in [2.24, 2.45) is 0 Å². The Morgan fingerprint density at radius 3 is 2.07 bits per heavy atom. The van der Waals surface area contributed by atoms with Crippen molar-refractivity contribution in [3.8, 4) is 11.1 Å². The Bertz CT molecular complexity index is 780. The van der Waals surface area contributed by atoms with Gasteiger partial charge in [-0.3, -0.25) is 0 Å². The van der Waals surface area contributed by atoms with E-state index in [1.165, 1.54) is 16.7 Å². The van der Waals surface area contributed by atoms with Gasteiger partial charge in [-0.25, -0.2) is 4.79 Å². The summed E-state index contributed by atoms with van der Waals surface area (Å²) in [6.07, 6.45) is 1.66. The highest BCUT2D eigenvalue weighted by Gasteiger charge is 2.23. The molecule has 2 unspecified atom stereocenters. The van der Waals surface area contributed by atoms with Crippen molar-refractivity contribution in [1.29, 1.82) is 0 Å². The Kier molecular flexibility index (Phi) is 8.72. The number of nitrogens with one attached hydrogen (secondary N) is 2. The summed E-state index contributed by atoms with van der Waals surface area (Å²) in [4.78, 5) is 12.2. The molecular weight excluding hydrogens is 376 g/mol. The summed E-state index contributed by atoms with van der Waals surface area (Å²) < 4.78 is 10.8. The van der Waals surface area contributed by atoms with Crippen molar-refractivity contribution in [2.75, 3.05) is 19.0 Å². The van der Waals surface area contributed by atoms with Crippen LogP contribution in [0.1, 0.15) is 46.6 Å². The topological polar surface area (TPSA) is 59.6 Å². The highest BCUT2D eigenvalue weighted by Crippen LogP contribution is 2.22. The molecule has 0 aromatic heterocycles. The number of benzene rings is 2. The molecule has 30 heavy (non-hydrogen) atoms. The lowest BCUT2D eigenvalue weighted by Crippen LogP contribution is -2.48. The molecule has 2 aromatic carbocycles. The maximum atomic E-state index is 12.2. The molecule has 0 saturated heterocycles. The van der Waals surface area contributed by atoms with Crippen LogP contribution in [0.4, 0.5) is 10.5 Å². The number of carbonyl (C=O) groups is 1. The first-order valence-corrected chi connectivity index (χ1v) is 10.7. The highest BCUT2D eigenvalue weighted by molar-refractivity contribution is 5.68. The van der Waals surface area contributed by atoms with Crippen LogP contribution in [0.15, 0.2) is 48.5 Å². The molecule has 0 aliphatic heterocycles. The fourth-order valence-electron chi connectivity index (χ4n) is 3.12. The molecular formula is C25H36N2O3. The van der Waals surface area contributed by atoms with E-state index in [1.807, 2.05) is 27.7 Å². The maximum Gasteiger partial charge on any atom is 0.408 e. The molecule has 5 heteroatoms. The second-order valence-corrected chi connectivity index (χ2v) is 8.60. The Morgan fingerprint density at radius 1 is 1.00 bits per heavy atom. The van der Waals surface area contributed by atoms with E-state index >= 15 is 0 Å². The summed E-state index contributed by atoms with van der Waals surface area (Å²) in [6.45, 7) is 10.2. The van der Waals surface area contributed by atoms with Crippen LogP contribution in [0.3, 0.4) is 0 Å². The molecule has 0 fully saturated rings. The van der Waals surface area contributed by atoms with Gasteiger partial charge in [-0.05, 0) is 62.9 Å². The average molecular weight is 413 g/mol. The first-order valence-electron chi connectivity index (χ1n) is 10.7. The van der Waals surface area contributed by atoms with Gasteiger partial charge in [0.1, 0.15) is 5.60 Å². The summed E-state index contributed by atoms with van der Waals surface area (Å²) in [7, 11) is 1.63. The zero-order valence-electron chi connectivity index (χ0n) is 19.1. The smallest absolute Gasteiger partial charge is 0.408 e. The number of alkyl carbamates (subject to hydrolysis) is 1.